The van der Waals surface area contributed by atoms with Crippen LogP contribution in [-0.4, -0.2) is 24.0 Å². The number of esters is 1. The standard InChI is InChI=1S/C33H30O6S/c1-18(2)25-17-27(19(3)16-28(25)40(36,37)38)39-33(35)32-30-22-12-6-4-10-20(22)29(21-11-5-7-13-23(21)30)31(32)24-14-8-9-15-26(24)34/h4-18,29-32,34H,1-3H3,(H,36,37,38). The summed E-state index contributed by atoms with van der Waals surface area (Å²) in [5.41, 5.74) is 5.89. The minimum absolute atomic E-state index is 0.128. The van der Waals surface area contributed by atoms with Crippen molar-refractivity contribution in [2.24, 2.45) is 5.92 Å². The third-order valence-electron chi connectivity index (χ3n) is 8.42. The van der Waals surface area contributed by atoms with Gasteiger partial charge in [0.15, 0.2) is 0 Å². The Balaban J connectivity index is 1.52. The highest BCUT2D eigenvalue weighted by molar-refractivity contribution is 7.85. The Hall–Kier alpha value is -3.94. The molecule has 40 heavy (non-hydrogen) atoms. The summed E-state index contributed by atoms with van der Waals surface area (Å²) in [5, 5.41) is 11.0. The van der Waals surface area contributed by atoms with Crippen LogP contribution in [0.4, 0.5) is 0 Å². The number of aryl methyl sites for hydroxylation is 1. The lowest BCUT2D eigenvalue weighted by Crippen LogP contribution is -2.44. The monoisotopic (exact) mass is 554 g/mol. The van der Waals surface area contributed by atoms with Gasteiger partial charge in [0.05, 0.1) is 10.8 Å². The molecule has 3 aliphatic rings. The second-order valence-electron chi connectivity index (χ2n) is 11.0. The molecule has 0 heterocycles. The number of fused-ring (bicyclic) bond motifs is 1. The SMILES string of the molecule is Cc1cc(S(=O)(=O)O)c(C(C)C)cc1OC(=O)C1C2c3ccccc3C(c3ccccc32)C1c1ccccc1O. The van der Waals surface area contributed by atoms with Gasteiger partial charge in [-0.2, -0.15) is 8.42 Å². The zero-order chi connectivity index (χ0) is 28.3. The maximum absolute atomic E-state index is 14.3. The Labute approximate surface area is 234 Å². The molecule has 6 nitrogen and oxygen atoms in total. The Morgan fingerprint density at radius 3 is 1.80 bits per heavy atom. The van der Waals surface area contributed by atoms with E-state index in [1.165, 1.54) is 6.07 Å². The van der Waals surface area contributed by atoms with Gasteiger partial charge < -0.3 is 9.84 Å². The number of aromatic hydroxyl groups is 1. The third-order valence-corrected chi connectivity index (χ3v) is 9.33. The van der Waals surface area contributed by atoms with Gasteiger partial charge in [-0.15, -0.1) is 0 Å². The number of para-hydroxylation sites is 1. The average molecular weight is 555 g/mol. The van der Waals surface area contributed by atoms with Crippen LogP contribution in [0.5, 0.6) is 11.5 Å². The zero-order valence-electron chi connectivity index (χ0n) is 22.4. The van der Waals surface area contributed by atoms with Gasteiger partial charge in [0, 0.05) is 17.8 Å². The second kappa shape index (κ2) is 9.61. The molecule has 0 saturated heterocycles. The van der Waals surface area contributed by atoms with Gasteiger partial charge in [-0.05, 0) is 70.0 Å². The van der Waals surface area contributed by atoms with Crippen molar-refractivity contribution in [3.63, 3.8) is 0 Å². The number of carbonyl (C=O) groups excluding carboxylic acids is 1. The van der Waals surface area contributed by atoms with Crippen molar-refractivity contribution in [1.29, 1.82) is 0 Å². The summed E-state index contributed by atoms with van der Waals surface area (Å²) in [7, 11) is -4.46. The Morgan fingerprint density at radius 1 is 0.800 bits per heavy atom. The number of phenols is 1. The van der Waals surface area contributed by atoms with E-state index in [9.17, 15) is 22.9 Å². The van der Waals surface area contributed by atoms with E-state index in [0.717, 1.165) is 22.3 Å². The van der Waals surface area contributed by atoms with Crippen molar-refractivity contribution in [2.75, 3.05) is 0 Å². The Bertz CT molecular complexity index is 1710. The van der Waals surface area contributed by atoms with E-state index in [-0.39, 0.29) is 40.1 Å². The lowest BCUT2D eigenvalue weighted by Gasteiger charge is -2.49. The third kappa shape index (κ3) is 4.12. The molecule has 0 spiro atoms. The maximum Gasteiger partial charge on any atom is 0.315 e. The van der Waals surface area contributed by atoms with E-state index >= 15 is 0 Å². The molecule has 2 unspecified atom stereocenters. The molecule has 0 amide bonds. The first-order valence-corrected chi connectivity index (χ1v) is 14.8. The number of rotatable bonds is 5. The topological polar surface area (TPSA) is 101 Å². The smallest absolute Gasteiger partial charge is 0.315 e. The molecule has 7 heteroatoms. The number of hydrogen-bond donors (Lipinski definition) is 2. The van der Waals surface area contributed by atoms with Gasteiger partial charge in [0.2, 0.25) is 0 Å². The van der Waals surface area contributed by atoms with Crippen molar-refractivity contribution in [3.05, 3.63) is 124 Å². The minimum Gasteiger partial charge on any atom is -0.508 e. The van der Waals surface area contributed by atoms with E-state index < -0.39 is 22.0 Å². The fourth-order valence-electron chi connectivity index (χ4n) is 6.74. The predicted molar refractivity (Wildman–Crippen MR) is 152 cm³/mol. The Morgan fingerprint density at radius 2 is 1.30 bits per heavy atom. The molecule has 7 rings (SSSR count). The molecule has 0 aromatic heterocycles. The molecule has 0 radical (unpaired) electrons. The summed E-state index contributed by atoms with van der Waals surface area (Å²) in [5.74, 6) is -1.81. The summed E-state index contributed by atoms with van der Waals surface area (Å²) < 4.78 is 40.1. The van der Waals surface area contributed by atoms with Crippen LogP contribution in [-0.2, 0) is 14.9 Å². The highest BCUT2D eigenvalue weighted by atomic mass is 32.2. The van der Waals surface area contributed by atoms with E-state index in [1.807, 2.05) is 50.2 Å². The molecule has 0 aliphatic heterocycles. The lowest BCUT2D eigenvalue weighted by molar-refractivity contribution is -0.141. The molecule has 2 N–H and O–H groups in total. The molecule has 4 aromatic rings. The lowest BCUT2D eigenvalue weighted by atomic mass is 9.53. The summed E-state index contributed by atoms with van der Waals surface area (Å²) in [6.07, 6.45) is 0. The van der Waals surface area contributed by atoms with E-state index in [1.54, 1.807) is 25.1 Å². The number of benzene rings is 4. The van der Waals surface area contributed by atoms with Gasteiger partial charge in [0.1, 0.15) is 11.5 Å². The van der Waals surface area contributed by atoms with Crippen LogP contribution in [0.3, 0.4) is 0 Å². The van der Waals surface area contributed by atoms with Gasteiger partial charge in [-0.3, -0.25) is 9.35 Å². The van der Waals surface area contributed by atoms with Crippen molar-refractivity contribution in [1.82, 2.24) is 0 Å². The molecule has 0 saturated carbocycles. The summed E-state index contributed by atoms with van der Waals surface area (Å²) in [6.45, 7) is 5.28. The first-order valence-electron chi connectivity index (χ1n) is 13.4. The highest BCUT2D eigenvalue weighted by Crippen LogP contribution is 2.62. The summed E-state index contributed by atoms with van der Waals surface area (Å²) in [4.78, 5) is 14.1. The van der Waals surface area contributed by atoms with Crippen molar-refractivity contribution >= 4 is 16.1 Å². The van der Waals surface area contributed by atoms with Gasteiger partial charge in [-0.25, -0.2) is 0 Å². The molecule has 4 aromatic carbocycles. The van der Waals surface area contributed by atoms with E-state index in [4.69, 9.17) is 4.74 Å². The van der Waals surface area contributed by atoms with E-state index in [0.29, 0.717) is 16.7 Å². The van der Waals surface area contributed by atoms with Crippen LogP contribution in [0.1, 0.15) is 76.5 Å². The van der Waals surface area contributed by atoms with Gasteiger partial charge in [0.25, 0.3) is 10.1 Å². The van der Waals surface area contributed by atoms with Crippen LogP contribution in [0.15, 0.2) is 89.8 Å². The first kappa shape index (κ1) is 26.3. The molecular weight excluding hydrogens is 524 g/mol. The largest absolute Gasteiger partial charge is 0.508 e. The highest BCUT2D eigenvalue weighted by Gasteiger charge is 2.54. The fraction of sp³-hybridized carbons (Fsp3) is 0.242. The number of carbonyl (C=O) groups is 1. The average Bonchev–Trinajstić information content (AvgIpc) is 2.93. The molecule has 2 atom stereocenters. The van der Waals surface area contributed by atoms with Crippen molar-refractivity contribution < 1.29 is 27.6 Å². The minimum atomic E-state index is -4.46. The molecule has 204 valence electrons. The van der Waals surface area contributed by atoms with Crippen LogP contribution < -0.4 is 4.74 Å². The van der Waals surface area contributed by atoms with Crippen LogP contribution in [0.2, 0.25) is 0 Å². The van der Waals surface area contributed by atoms with Crippen molar-refractivity contribution in [2.45, 2.75) is 49.3 Å². The van der Waals surface area contributed by atoms with Crippen molar-refractivity contribution in [3.8, 4) is 11.5 Å². The number of phenolic OH excluding ortho intramolecular Hbond substituents is 1. The fourth-order valence-corrected chi connectivity index (χ4v) is 7.66. The van der Waals surface area contributed by atoms with Gasteiger partial charge in [-0.1, -0.05) is 80.6 Å². The van der Waals surface area contributed by atoms with Crippen LogP contribution in [0.25, 0.3) is 0 Å². The first-order chi connectivity index (χ1) is 19.1. The van der Waals surface area contributed by atoms with Gasteiger partial charge >= 0.3 is 5.97 Å². The molecule has 3 aliphatic carbocycles. The predicted octanol–water partition coefficient (Wildman–Crippen LogP) is 6.67. The molecule has 2 bridgehead atoms. The Kier molecular flexibility index (Phi) is 6.32. The molecular formula is C33H30O6S. The zero-order valence-corrected chi connectivity index (χ0v) is 23.2. The van der Waals surface area contributed by atoms with Crippen LogP contribution >= 0.6 is 0 Å². The quantitative estimate of drug-likeness (QED) is 0.162. The number of ether oxygens (including phenoxy) is 1. The maximum atomic E-state index is 14.3. The summed E-state index contributed by atoms with van der Waals surface area (Å²) in [6, 6.07) is 26.3. The normalized spacial score (nSPS) is 21.1. The summed E-state index contributed by atoms with van der Waals surface area (Å²) >= 11 is 0. The number of hydrogen-bond acceptors (Lipinski definition) is 5. The van der Waals surface area contributed by atoms with Crippen LogP contribution in [0, 0.1) is 12.8 Å². The molecule has 0 fully saturated rings. The second-order valence-corrected chi connectivity index (χ2v) is 12.4. The van der Waals surface area contributed by atoms with E-state index in [2.05, 4.69) is 24.3 Å².